The first-order chi connectivity index (χ1) is 5.79. The summed E-state index contributed by atoms with van der Waals surface area (Å²) >= 11 is 0. The number of amides is 1. The molecule has 0 aliphatic carbocycles. The summed E-state index contributed by atoms with van der Waals surface area (Å²) in [6.45, 7) is 3.10. The fourth-order valence-electron chi connectivity index (χ4n) is 0.822. The van der Waals surface area contributed by atoms with Crippen molar-refractivity contribution in [2.75, 3.05) is 20.7 Å². The first kappa shape index (κ1) is 11.9. The van der Waals surface area contributed by atoms with Crippen LogP contribution in [0.15, 0.2) is 0 Å². The molecule has 0 radical (unpaired) electrons. The number of nitrogens with zero attached hydrogens (tertiary/aromatic N) is 1. The highest BCUT2D eigenvalue weighted by Gasteiger charge is 2.26. The number of likely N-dealkylation sites (N-methyl/N-ethyl adjacent to an activating group) is 1. The fourth-order valence-corrected chi connectivity index (χ4v) is 0.822. The van der Waals surface area contributed by atoms with Crippen molar-refractivity contribution in [1.29, 1.82) is 0 Å². The highest BCUT2D eigenvalue weighted by atomic mass is 16.5. The zero-order valence-electron chi connectivity index (χ0n) is 8.46. The first-order valence-electron chi connectivity index (χ1n) is 3.90. The molecule has 13 heavy (non-hydrogen) atoms. The van der Waals surface area contributed by atoms with E-state index < -0.39 is 11.5 Å². The quantitative estimate of drug-likeness (QED) is 0.598. The van der Waals surface area contributed by atoms with Gasteiger partial charge in [-0.25, -0.2) is 0 Å². The van der Waals surface area contributed by atoms with Crippen molar-refractivity contribution in [3.63, 3.8) is 0 Å². The van der Waals surface area contributed by atoms with E-state index in [0.717, 1.165) is 0 Å². The van der Waals surface area contributed by atoms with Gasteiger partial charge in [0.1, 0.15) is 6.54 Å². The number of carbonyl (C=O) groups is 2. The number of ether oxygens (including phenoxy) is 1. The molecule has 0 aromatic rings. The maximum atomic E-state index is 11.4. The lowest BCUT2D eigenvalue weighted by Gasteiger charge is -2.24. The van der Waals surface area contributed by atoms with Gasteiger partial charge in [0.05, 0.1) is 12.6 Å². The molecular weight excluding hydrogens is 172 g/mol. The Morgan fingerprint density at radius 1 is 1.46 bits per heavy atom. The van der Waals surface area contributed by atoms with E-state index in [9.17, 15) is 9.59 Å². The minimum atomic E-state index is -0.956. The van der Waals surface area contributed by atoms with Crippen LogP contribution in [0.4, 0.5) is 0 Å². The third kappa shape index (κ3) is 3.89. The predicted octanol–water partition coefficient (Wildman–Crippen LogP) is -0.645. The zero-order valence-corrected chi connectivity index (χ0v) is 8.46. The first-order valence-corrected chi connectivity index (χ1v) is 3.90. The molecule has 0 bridgehead atoms. The molecule has 0 heterocycles. The Labute approximate surface area is 77.8 Å². The third-order valence-corrected chi connectivity index (χ3v) is 1.49. The summed E-state index contributed by atoms with van der Waals surface area (Å²) in [5, 5.41) is 0. The highest BCUT2D eigenvalue weighted by Crippen LogP contribution is 2.01. The lowest BCUT2D eigenvalue weighted by Crippen LogP contribution is -2.51. The van der Waals surface area contributed by atoms with Crippen LogP contribution >= 0.6 is 0 Å². The van der Waals surface area contributed by atoms with Gasteiger partial charge in [0.15, 0.2) is 0 Å². The molecular formula is C8H16N2O3. The van der Waals surface area contributed by atoms with Crippen LogP contribution in [0, 0.1) is 0 Å². The molecule has 0 unspecified atom stereocenters. The molecule has 76 valence electrons. The van der Waals surface area contributed by atoms with Crippen molar-refractivity contribution >= 4 is 11.9 Å². The van der Waals surface area contributed by atoms with E-state index in [1.165, 1.54) is 19.1 Å². The summed E-state index contributed by atoms with van der Waals surface area (Å²) in [4.78, 5) is 23.4. The van der Waals surface area contributed by atoms with Crippen LogP contribution in [0.2, 0.25) is 0 Å². The topological polar surface area (TPSA) is 72.6 Å². The fraction of sp³-hybridized carbons (Fsp3) is 0.750. The maximum Gasteiger partial charge on any atom is 0.325 e. The van der Waals surface area contributed by atoms with Gasteiger partial charge < -0.3 is 15.4 Å². The molecule has 0 fully saturated rings. The van der Waals surface area contributed by atoms with Crippen LogP contribution in [0.1, 0.15) is 13.8 Å². The van der Waals surface area contributed by atoms with Crippen LogP contribution in [-0.2, 0) is 14.3 Å². The van der Waals surface area contributed by atoms with Gasteiger partial charge in [-0.3, -0.25) is 9.59 Å². The molecule has 0 aromatic carbocycles. The summed E-state index contributed by atoms with van der Waals surface area (Å²) in [5.74, 6) is -0.752. The van der Waals surface area contributed by atoms with E-state index in [2.05, 4.69) is 4.74 Å². The largest absolute Gasteiger partial charge is 0.468 e. The van der Waals surface area contributed by atoms with Gasteiger partial charge in [-0.2, -0.15) is 0 Å². The Hall–Kier alpha value is -1.10. The average Bonchev–Trinajstić information content (AvgIpc) is 2.01. The van der Waals surface area contributed by atoms with E-state index in [4.69, 9.17) is 5.73 Å². The van der Waals surface area contributed by atoms with Gasteiger partial charge in [-0.05, 0) is 13.8 Å². The minimum Gasteiger partial charge on any atom is -0.468 e. The Kier molecular flexibility index (Phi) is 3.87. The predicted molar refractivity (Wildman–Crippen MR) is 47.9 cm³/mol. The standard InChI is InChI=1S/C8H16N2O3/c1-8(2,9)7(12)10(3)5-6(11)13-4/h5,9H2,1-4H3. The van der Waals surface area contributed by atoms with Gasteiger partial charge in [-0.15, -0.1) is 0 Å². The van der Waals surface area contributed by atoms with Gasteiger partial charge in [0.2, 0.25) is 5.91 Å². The SMILES string of the molecule is COC(=O)CN(C)C(=O)C(C)(C)N. The normalized spacial score (nSPS) is 10.8. The number of rotatable bonds is 3. The smallest absolute Gasteiger partial charge is 0.325 e. The Balaban J connectivity index is 4.20. The van der Waals surface area contributed by atoms with E-state index >= 15 is 0 Å². The molecule has 0 saturated carbocycles. The van der Waals surface area contributed by atoms with Gasteiger partial charge in [0, 0.05) is 7.05 Å². The lowest BCUT2D eigenvalue weighted by atomic mass is 10.1. The number of carbonyl (C=O) groups excluding carboxylic acids is 2. The van der Waals surface area contributed by atoms with Gasteiger partial charge in [0.25, 0.3) is 0 Å². The van der Waals surface area contributed by atoms with Crippen molar-refractivity contribution in [3.8, 4) is 0 Å². The van der Waals surface area contributed by atoms with Crippen LogP contribution in [0.3, 0.4) is 0 Å². The van der Waals surface area contributed by atoms with E-state index in [1.807, 2.05) is 0 Å². The van der Waals surface area contributed by atoms with Gasteiger partial charge in [-0.1, -0.05) is 0 Å². The average molecular weight is 188 g/mol. The van der Waals surface area contributed by atoms with E-state index in [0.29, 0.717) is 0 Å². The summed E-state index contributed by atoms with van der Waals surface area (Å²) in [6, 6.07) is 0. The van der Waals surface area contributed by atoms with Crippen molar-refractivity contribution in [2.45, 2.75) is 19.4 Å². The Morgan fingerprint density at radius 3 is 2.23 bits per heavy atom. The molecule has 2 N–H and O–H groups in total. The molecule has 0 aliphatic heterocycles. The highest BCUT2D eigenvalue weighted by molar-refractivity contribution is 5.88. The molecule has 5 heteroatoms. The second-order valence-electron chi connectivity index (χ2n) is 3.46. The lowest BCUT2D eigenvalue weighted by molar-refractivity contribution is -0.147. The van der Waals surface area contributed by atoms with Crippen LogP contribution in [0.25, 0.3) is 0 Å². The third-order valence-electron chi connectivity index (χ3n) is 1.49. The molecule has 0 aliphatic rings. The maximum absolute atomic E-state index is 11.4. The molecule has 0 saturated heterocycles. The van der Waals surface area contributed by atoms with Crippen molar-refractivity contribution in [1.82, 2.24) is 4.90 Å². The van der Waals surface area contributed by atoms with Crippen molar-refractivity contribution in [3.05, 3.63) is 0 Å². The number of hydrogen-bond acceptors (Lipinski definition) is 4. The molecule has 0 atom stereocenters. The number of hydrogen-bond donors (Lipinski definition) is 1. The molecule has 0 aromatic heterocycles. The molecule has 0 rings (SSSR count). The number of esters is 1. The molecule has 0 spiro atoms. The zero-order chi connectivity index (χ0) is 10.6. The second-order valence-corrected chi connectivity index (χ2v) is 3.46. The summed E-state index contributed by atoms with van der Waals surface area (Å²) in [6.07, 6.45) is 0. The van der Waals surface area contributed by atoms with Gasteiger partial charge >= 0.3 is 5.97 Å². The second kappa shape index (κ2) is 4.23. The monoisotopic (exact) mass is 188 g/mol. The molecule has 5 nitrogen and oxygen atoms in total. The Morgan fingerprint density at radius 2 is 1.92 bits per heavy atom. The van der Waals surface area contributed by atoms with Crippen LogP contribution < -0.4 is 5.73 Å². The van der Waals surface area contributed by atoms with E-state index in [1.54, 1.807) is 13.8 Å². The minimum absolute atomic E-state index is 0.0734. The van der Waals surface area contributed by atoms with E-state index in [-0.39, 0.29) is 12.5 Å². The number of methoxy groups -OCH3 is 1. The molecule has 1 amide bonds. The van der Waals surface area contributed by atoms with Crippen molar-refractivity contribution < 1.29 is 14.3 Å². The van der Waals surface area contributed by atoms with Crippen molar-refractivity contribution in [2.24, 2.45) is 5.73 Å². The van der Waals surface area contributed by atoms with Crippen LogP contribution in [0.5, 0.6) is 0 Å². The summed E-state index contributed by atoms with van der Waals surface area (Å²) in [7, 11) is 2.78. The van der Waals surface area contributed by atoms with Crippen LogP contribution in [-0.4, -0.2) is 43.0 Å². The summed E-state index contributed by atoms with van der Waals surface area (Å²) < 4.78 is 4.41. The summed E-state index contributed by atoms with van der Waals surface area (Å²) in [5.41, 5.74) is 4.60. The number of nitrogens with two attached hydrogens (primary N) is 1. The Bertz CT molecular complexity index is 208.